The van der Waals surface area contributed by atoms with Gasteiger partial charge in [0.05, 0.1) is 5.69 Å². The number of nitrogens with zero attached hydrogens (tertiary/aromatic N) is 1. The topological polar surface area (TPSA) is 62.2 Å². The van der Waals surface area contributed by atoms with E-state index in [4.69, 9.17) is 5.11 Å². The van der Waals surface area contributed by atoms with E-state index in [0.29, 0.717) is 11.6 Å². The van der Waals surface area contributed by atoms with Crippen molar-refractivity contribution >= 4 is 11.7 Å². The van der Waals surface area contributed by atoms with Gasteiger partial charge in [-0.2, -0.15) is 0 Å². The Kier molecular flexibility index (Phi) is 4.94. The minimum atomic E-state index is -0.947. The minimum absolute atomic E-state index is 0.227. The Morgan fingerprint density at radius 3 is 2.65 bits per heavy atom. The number of rotatable bonds is 6. The molecular weight excluding hydrogens is 216 g/mol. The molecule has 0 saturated heterocycles. The molecule has 0 aliphatic rings. The summed E-state index contributed by atoms with van der Waals surface area (Å²) >= 11 is 0. The lowest BCUT2D eigenvalue weighted by atomic mass is 9.95. The largest absolute Gasteiger partial charge is 0.478 e. The van der Waals surface area contributed by atoms with Crippen LogP contribution in [-0.4, -0.2) is 22.1 Å². The van der Waals surface area contributed by atoms with E-state index >= 15 is 0 Å². The summed E-state index contributed by atoms with van der Waals surface area (Å²) in [7, 11) is 0. The molecule has 0 aromatic carbocycles. The first kappa shape index (κ1) is 13.5. The van der Waals surface area contributed by atoms with Gasteiger partial charge < -0.3 is 10.4 Å². The van der Waals surface area contributed by atoms with Crippen molar-refractivity contribution in [2.75, 3.05) is 5.32 Å². The maximum Gasteiger partial charge on any atom is 0.339 e. The van der Waals surface area contributed by atoms with Crippen LogP contribution in [0.1, 0.15) is 44.0 Å². The van der Waals surface area contributed by atoms with Gasteiger partial charge in [0.15, 0.2) is 0 Å². The Bertz CT molecular complexity index is 375. The molecule has 4 nitrogen and oxygen atoms in total. The number of aromatic carboxylic acids is 1. The number of pyridine rings is 1. The van der Waals surface area contributed by atoms with E-state index in [1.165, 1.54) is 6.20 Å². The third-order valence-corrected chi connectivity index (χ3v) is 3.19. The fourth-order valence-electron chi connectivity index (χ4n) is 2.05. The Morgan fingerprint density at radius 1 is 1.47 bits per heavy atom. The van der Waals surface area contributed by atoms with Crippen LogP contribution in [-0.2, 0) is 0 Å². The maximum absolute atomic E-state index is 11.0. The summed E-state index contributed by atoms with van der Waals surface area (Å²) in [5, 5.41) is 12.3. The van der Waals surface area contributed by atoms with Crippen molar-refractivity contribution in [3.05, 3.63) is 24.0 Å². The summed E-state index contributed by atoms with van der Waals surface area (Å²) in [4.78, 5) is 14.9. The lowest BCUT2D eigenvalue weighted by molar-refractivity contribution is 0.0697. The van der Waals surface area contributed by atoms with E-state index in [9.17, 15) is 4.79 Å². The summed E-state index contributed by atoms with van der Waals surface area (Å²) < 4.78 is 0. The average Bonchev–Trinajstić information content (AvgIpc) is 2.31. The number of carboxylic acid groups (broad SMARTS) is 1. The van der Waals surface area contributed by atoms with E-state index in [-0.39, 0.29) is 11.6 Å². The molecule has 0 radical (unpaired) electrons. The first-order valence-electron chi connectivity index (χ1n) is 6.03. The lowest BCUT2D eigenvalue weighted by Crippen LogP contribution is -2.26. The van der Waals surface area contributed by atoms with Crippen molar-refractivity contribution in [3.63, 3.8) is 0 Å². The summed E-state index contributed by atoms with van der Waals surface area (Å²) in [6, 6.07) is 1.97. The second-order valence-electron chi connectivity index (χ2n) is 4.24. The van der Waals surface area contributed by atoms with Crippen molar-refractivity contribution in [2.24, 2.45) is 5.92 Å². The van der Waals surface area contributed by atoms with E-state index < -0.39 is 5.97 Å². The van der Waals surface area contributed by atoms with Crippen LogP contribution in [0.2, 0.25) is 0 Å². The predicted octanol–water partition coefficient (Wildman–Crippen LogP) is 3.02. The van der Waals surface area contributed by atoms with Gasteiger partial charge in [-0.25, -0.2) is 4.79 Å². The summed E-state index contributed by atoms with van der Waals surface area (Å²) in [5.74, 6) is -0.401. The van der Waals surface area contributed by atoms with Gasteiger partial charge in [0.2, 0.25) is 0 Å². The minimum Gasteiger partial charge on any atom is -0.478 e. The van der Waals surface area contributed by atoms with Crippen molar-refractivity contribution in [1.29, 1.82) is 0 Å². The van der Waals surface area contributed by atoms with Crippen molar-refractivity contribution in [1.82, 2.24) is 4.98 Å². The average molecular weight is 236 g/mol. The standard InChI is InChI=1S/C13H20N2O2/c1-4-10(5-2)9(3)15-12-6-7-14-8-11(12)13(16)17/h6-10H,4-5H2,1-3H3,(H,14,15)(H,16,17). The molecule has 0 fully saturated rings. The quantitative estimate of drug-likeness (QED) is 0.797. The van der Waals surface area contributed by atoms with E-state index in [1.54, 1.807) is 12.3 Å². The normalized spacial score (nSPS) is 12.5. The fraction of sp³-hybridized carbons (Fsp3) is 0.538. The van der Waals surface area contributed by atoms with E-state index in [2.05, 4.69) is 31.1 Å². The SMILES string of the molecule is CCC(CC)C(C)Nc1ccncc1C(=O)O. The third kappa shape index (κ3) is 3.44. The van der Waals surface area contributed by atoms with E-state index in [1.807, 2.05) is 0 Å². The highest BCUT2D eigenvalue weighted by molar-refractivity contribution is 5.93. The first-order chi connectivity index (χ1) is 8.10. The van der Waals surface area contributed by atoms with Gasteiger partial charge in [-0.3, -0.25) is 4.98 Å². The van der Waals surface area contributed by atoms with Gasteiger partial charge in [0.25, 0.3) is 0 Å². The second-order valence-corrected chi connectivity index (χ2v) is 4.24. The molecule has 1 unspecified atom stereocenters. The Labute approximate surface area is 102 Å². The number of nitrogens with one attached hydrogen (secondary N) is 1. The molecule has 1 atom stereocenters. The number of hydrogen-bond donors (Lipinski definition) is 2. The van der Waals surface area contributed by atoms with Gasteiger partial charge in [0.1, 0.15) is 5.56 Å². The maximum atomic E-state index is 11.0. The molecule has 94 valence electrons. The summed E-state index contributed by atoms with van der Waals surface area (Å²) in [5.41, 5.74) is 0.872. The van der Waals surface area contributed by atoms with Gasteiger partial charge in [-0.05, 0) is 18.9 Å². The smallest absolute Gasteiger partial charge is 0.339 e. The Morgan fingerprint density at radius 2 is 2.12 bits per heavy atom. The third-order valence-electron chi connectivity index (χ3n) is 3.19. The Balaban J connectivity index is 2.84. The molecule has 0 aliphatic carbocycles. The van der Waals surface area contributed by atoms with Crippen molar-refractivity contribution < 1.29 is 9.90 Å². The zero-order valence-electron chi connectivity index (χ0n) is 10.6. The van der Waals surface area contributed by atoms with Crippen LogP contribution in [0.4, 0.5) is 5.69 Å². The van der Waals surface area contributed by atoms with Crippen LogP contribution in [0.15, 0.2) is 18.5 Å². The van der Waals surface area contributed by atoms with E-state index in [0.717, 1.165) is 12.8 Å². The summed E-state index contributed by atoms with van der Waals surface area (Å²) in [6.45, 7) is 6.39. The van der Waals surface area contributed by atoms with Gasteiger partial charge in [-0.15, -0.1) is 0 Å². The van der Waals surface area contributed by atoms with Crippen LogP contribution < -0.4 is 5.32 Å². The zero-order valence-corrected chi connectivity index (χ0v) is 10.6. The zero-order chi connectivity index (χ0) is 12.8. The lowest BCUT2D eigenvalue weighted by Gasteiger charge is -2.24. The molecule has 1 heterocycles. The van der Waals surface area contributed by atoms with Gasteiger partial charge >= 0.3 is 5.97 Å². The fourth-order valence-corrected chi connectivity index (χ4v) is 2.05. The van der Waals surface area contributed by atoms with Crippen LogP contribution in [0.25, 0.3) is 0 Å². The molecule has 0 amide bonds. The molecule has 0 aliphatic heterocycles. The predicted molar refractivity (Wildman–Crippen MR) is 68.4 cm³/mol. The highest BCUT2D eigenvalue weighted by Gasteiger charge is 2.16. The summed E-state index contributed by atoms with van der Waals surface area (Å²) in [6.07, 6.45) is 5.15. The Hall–Kier alpha value is -1.58. The molecule has 2 N–H and O–H groups in total. The molecule has 4 heteroatoms. The molecule has 0 bridgehead atoms. The number of hydrogen-bond acceptors (Lipinski definition) is 3. The molecule has 17 heavy (non-hydrogen) atoms. The van der Waals surface area contributed by atoms with Crippen LogP contribution in [0.5, 0.6) is 0 Å². The molecule has 0 spiro atoms. The van der Waals surface area contributed by atoms with Gasteiger partial charge in [0, 0.05) is 18.4 Å². The first-order valence-corrected chi connectivity index (χ1v) is 6.03. The molecule has 1 aromatic rings. The van der Waals surface area contributed by atoms with Crippen LogP contribution in [0.3, 0.4) is 0 Å². The highest BCUT2D eigenvalue weighted by Crippen LogP contribution is 2.20. The van der Waals surface area contributed by atoms with Crippen molar-refractivity contribution in [3.8, 4) is 0 Å². The van der Waals surface area contributed by atoms with Crippen LogP contribution in [0, 0.1) is 5.92 Å². The highest BCUT2D eigenvalue weighted by atomic mass is 16.4. The monoisotopic (exact) mass is 236 g/mol. The number of aromatic nitrogens is 1. The van der Waals surface area contributed by atoms with Crippen molar-refractivity contribution in [2.45, 2.75) is 39.7 Å². The number of carbonyl (C=O) groups is 1. The molecule has 1 rings (SSSR count). The van der Waals surface area contributed by atoms with Gasteiger partial charge in [-0.1, -0.05) is 26.7 Å². The van der Waals surface area contributed by atoms with Crippen LogP contribution >= 0.6 is 0 Å². The number of anilines is 1. The number of carboxylic acids is 1. The molecule has 1 aromatic heterocycles. The molecule has 0 saturated carbocycles. The second kappa shape index (κ2) is 6.23. The molecular formula is C13H20N2O2.